The lowest BCUT2D eigenvalue weighted by molar-refractivity contribution is -0.140. The van der Waals surface area contributed by atoms with Crippen LogP contribution in [0.1, 0.15) is 88.0 Å². The summed E-state index contributed by atoms with van der Waals surface area (Å²) in [6.45, 7) is 24.5. The van der Waals surface area contributed by atoms with Crippen molar-refractivity contribution in [1.82, 2.24) is 0 Å². The highest BCUT2D eigenvalue weighted by Crippen LogP contribution is 2.38. The van der Waals surface area contributed by atoms with Crippen molar-refractivity contribution >= 4 is 8.32 Å². The van der Waals surface area contributed by atoms with E-state index < -0.39 is 8.32 Å². The van der Waals surface area contributed by atoms with Gasteiger partial charge in [0.2, 0.25) is 0 Å². The molecular formula is C31H56O3Si. The van der Waals surface area contributed by atoms with Gasteiger partial charge in [-0.3, -0.25) is 0 Å². The van der Waals surface area contributed by atoms with Crippen LogP contribution in [-0.2, 0) is 9.16 Å². The Morgan fingerprint density at radius 3 is 2.26 bits per heavy atom. The first kappa shape index (κ1) is 32.2. The van der Waals surface area contributed by atoms with E-state index in [4.69, 9.17) is 15.6 Å². The molecular weight excluding hydrogens is 448 g/mol. The average Bonchev–Trinajstić information content (AvgIpc) is 2.83. The van der Waals surface area contributed by atoms with E-state index in [-0.39, 0.29) is 30.8 Å². The molecule has 0 amide bonds. The van der Waals surface area contributed by atoms with Crippen molar-refractivity contribution in [3.63, 3.8) is 0 Å². The van der Waals surface area contributed by atoms with Crippen LogP contribution in [0.3, 0.4) is 0 Å². The third-order valence-corrected chi connectivity index (χ3v) is 13.3. The zero-order valence-electron chi connectivity index (χ0n) is 24.4. The molecule has 202 valence electrons. The van der Waals surface area contributed by atoms with Gasteiger partial charge < -0.3 is 14.3 Å². The molecule has 1 N–H and O–H groups in total. The van der Waals surface area contributed by atoms with Crippen LogP contribution in [0, 0.1) is 41.9 Å². The first-order chi connectivity index (χ1) is 16.5. The molecule has 1 heterocycles. The number of ether oxygens (including phenoxy) is 1. The molecule has 1 fully saturated rings. The van der Waals surface area contributed by atoms with Gasteiger partial charge in [0.1, 0.15) is 6.10 Å². The van der Waals surface area contributed by atoms with Crippen LogP contribution in [0.25, 0.3) is 0 Å². The SMILES string of the molecule is C#C[C@@H]1O[C@H](CC[C@H](C)/C=C(\C)C[C@@H](C)C[C@H](C)C(=C)CO)[C@H](C)[C@H](O[Si](CC)(CC)CC)[C@H]1C. The second-order valence-electron chi connectivity index (χ2n) is 11.6. The summed E-state index contributed by atoms with van der Waals surface area (Å²) in [6.07, 6.45) is 12.8. The van der Waals surface area contributed by atoms with Crippen LogP contribution in [-0.4, -0.2) is 38.3 Å². The molecule has 1 aliphatic heterocycles. The minimum atomic E-state index is -1.72. The highest BCUT2D eigenvalue weighted by atomic mass is 28.4. The molecule has 0 saturated carbocycles. The fourth-order valence-electron chi connectivity index (χ4n) is 5.95. The Hall–Kier alpha value is -0.863. The molecule has 4 heteroatoms. The fraction of sp³-hybridized carbons (Fsp3) is 0.806. The predicted octanol–water partition coefficient (Wildman–Crippen LogP) is 8.01. The first-order valence-electron chi connectivity index (χ1n) is 14.2. The van der Waals surface area contributed by atoms with E-state index in [9.17, 15) is 5.11 Å². The number of terminal acetylenes is 1. The Balaban J connectivity index is 2.77. The quantitative estimate of drug-likeness (QED) is 0.139. The van der Waals surface area contributed by atoms with E-state index in [1.807, 2.05) is 0 Å². The monoisotopic (exact) mass is 504 g/mol. The van der Waals surface area contributed by atoms with Gasteiger partial charge in [-0.05, 0) is 74.1 Å². The van der Waals surface area contributed by atoms with Gasteiger partial charge >= 0.3 is 0 Å². The maximum Gasteiger partial charge on any atom is 0.192 e. The second-order valence-corrected chi connectivity index (χ2v) is 16.4. The molecule has 0 radical (unpaired) electrons. The van der Waals surface area contributed by atoms with Crippen molar-refractivity contribution in [3.8, 4) is 12.3 Å². The van der Waals surface area contributed by atoms with Crippen molar-refractivity contribution in [2.24, 2.45) is 29.6 Å². The van der Waals surface area contributed by atoms with Gasteiger partial charge in [0.25, 0.3) is 0 Å². The molecule has 0 bridgehead atoms. The van der Waals surface area contributed by atoms with Gasteiger partial charge in [-0.2, -0.15) is 0 Å². The maximum absolute atomic E-state index is 9.32. The number of aliphatic hydroxyl groups excluding tert-OH is 1. The van der Waals surface area contributed by atoms with Crippen molar-refractivity contribution in [3.05, 3.63) is 23.8 Å². The fourth-order valence-corrected chi connectivity index (χ4v) is 8.95. The molecule has 0 aliphatic carbocycles. The van der Waals surface area contributed by atoms with E-state index in [0.717, 1.165) is 49.4 Å². The number of aliphatic hydroxyl groups is 1. The number of rotatable bonds is 15. The Morgan fingerprint density at radius 2 is 1.74 bits per heavy atom. The summed E-state index contributed by atoms with van der Waals surface area (Å²) in [5, 5.41) is 9.32. The van der Waals surface area contributed by atoms with Gasteiger partial charge in [0.15, 0.2) is 8.32 Å². The van der Waals surface area contributed by atoms with E-state index in [2.05, 4.69) is 80.9 Å². The summed E-state index contributed by atoms with van der Waals surface area (Å²) in [4.78, 5) is 0. The summed E-state index contributed by atoms with van der Waals surface area (Å²) >= 11 is 0. The highest BCUT2D eigenvalue weighted by Gasteiger charge is 2.45. The maximum atomic E-state index is 9.32. The summed E-state index contributed by atoms with van der Waals surface area (Å²) in [6, 6.07) is 3.48. The van der Waals surface area contributed by atoms with Gasteiger partial charge in [0.05, 0.1) is 18.8 Å². The molecule has 0 unspecified atom stereocenters. The van der Waals surface area contributed by atoms with Gasteiger partial charge in [-0.1, -0.05) is 79.5 Å². The van der Waals surface area contributed by atoms with E-state index in [1.54, 1.807) is 0 Å². The predicted molar refractivity (Wildman–Crippen MR) is 154 cm³/mol. The molecule has 1 aliphatic rings. The lowest BCUT2D eigenvalue weighted by Crippen LogP contribution is -2.54. The summed E-state index contributed by atoms with van der Waals surface area (Å²) in [7, 11) is -1.72. The van der Waals surface area contributed by atoms with Gasteiger partial charge in [-0.15, -0.1) is 6.42 Å². The van der Waals surface area contributed by atoms with Crippen molar-refractivity contribution in [1.29, 1.82) is 0 Å². The molecule has 8 atom stereocenters. The number of allylic oxidation sites excluding steroid dienone is 2. The Kier molecular flexibility index (Phi) is 14.2. The summed E-state index contributed by atoms with van der Waals surface area (Å²) in [5.74, 6) is 4.95. The Morgan fingerprint density at radius 1 is 1.14 bits per heavy atom. The third-order valence-electron chi connectivity index (χ3n) is 8.71. The minimum Gasteiger partial charge on any atom is -0.413 e. The topological polar surface area (TPSA) is 38.7 Å². The standard InChI is InChI=1S/C31H56O3Si/c1-12-29-27(10)31(34-35(13-2,14-3)15-4)28(11)30(33-29)17-16-22(5)18-23(6)19-24(7)20-25(8)26(9)21-32/h1,18,22,24-25,27-32H,9,13-17,19-21H2,2-8,10-11H3/b23-18+/t22-,24+,25-,27-,28-,29-,30+,31+/m0/s1. The molecule has 1 saturated heterocycles. The van der Waals surface area contributed by atoms with Crippen molar-refractivity contribution < 1.29 is 14.3 Å². The van der Waals surface area contributed by atoms with Crippen LogP contribution in [0.4, 0.5) is 0 Å². The minimum absolute atomic E-state index is 0.0884. The van der Waals surface area contributed by atoms with E-state index in [1.165, 1.54) is 5.57 Å². The molecule has 0 aromatic rings. The van der Waals surface area contributed by atoms with Crippen LogP contribution in [0.2, 0.25) is 18.1 Å². The van der Waals surface area contributed by atoms with Crippen molar-refractivity contribution in [2.75, 3.05) is 6.61 Å². The Labute approximate surface area is 219 Å². The average molecular weight is 505 g/mol. The third kappa shape index (κ3) is 9.51. The second kappa shape index (κ2) is 15.4. The smallest absolute Gasteiger partial charge is 0.192 e. The highest BCUT2D eigenvalue weighted by molar-refractivity contribution is 6.73. The molecule has 0 aromatic heterocycles. The summed E-state index contributed by atoms with van der Waals surface area (Å²) in [5.41, 5.74) is 2.39. The van der Waals surface area contributed by atoms with Gasteiger partial charge in [-0.25, -0.2) is 0 Å². The molecule has 0 spiro atoms. The summed E-state index contributed by atoms with van der Waals surface area (Å²) < 4.78 is 13.5. The molecule has 1 rings (SSSR count). The van der Waals surface area contributed by atoms with Gasteiger partial charge in [0, 0.05) is 11.8 Å². The van der Waals surface area contributed by atoms with Crippen LogP contribution < -0.4 is 0 Å². The van der Waals surface area contributed by atoms with E-state index in [0.29, 0.717) is 23.7 Å². The normalized spacial score (nSPS) is 28.3. The number of hydrogen-bond donors (Lipinski definition) is 1. The Bertz CT molecular complexity index is 696. The van der Waals surface area contributed by atoms with Crippen LogP contribution >= 0.6 is 0 Å². The number of hydrogen-bond acceptors (Lipinski definition) is 3. The largest absolute Gasteiger partial charge is 0.413 e. The lowest BCUT2D eigenvalue weighted by Gasteiger charge is -2.47. The van der Waals surface area contributed by atoms with Crippen LogP contribution in [0.5, 0.6) is 0 Å². The molecule has 0 aromatic carbocycles. The first-order valence-corrected chi connectivity index (χ1v) is 16.7. The lowest BCUT2D eigenvalue weighted by atomic mass is 9.81. The zero-order chi connectivity index (χ0) is 26.8. The van der Waals surface area contributed by atoms with Crippen molar-refractivity contribution in [2.45, 2.75) is 124 Å². The van der Waals surface area contributed by atoms with Crippen LogP contribution in [0.15, 0.2) is 23.8 Å². The van der Waals surface area contributed by atoms with E-state index >= 15 is 0 Å². The zero-order valence-corrected chi connectivity index (χ0v) is 25.4. The molecule has 35 heavy (non-hydrogen) atoms. The molecule has 3 nitrogen and oxygen atoms in total.